The lowest BCUT2D eigenvalue weighted by molar-refractivity contribution is -0.384. The van der Waals surface area contributed by atoms with E-state index in [0.29, 0.717) is 23.3 Å². The summed E-state index contributed by atoms with van der Waals surface area (Å²) in [6, 6.07) is 4.31. The van der Waals surface area contributed by atoms with Gasteiger partial charge >= 0.3 is 0 Å². The minimum absolute atomic E-state index is 0.0961. The number of non-ortho nitro benzene ring substituents is 1. The molecule has 0 bridgehead atoms. The van der Waals surface area contributed by atoms with Crippen LogP contribution in [0.15, 0.2) is 46.3 Å². The average molecular weight is 415 g/mol. The highest BCUT2D eigenvalue weighted by molar-refractivity contribution is 5.88. The van der Waals surface area contributed by atoms with Crippen LogP contribution in [0.1, 0.15) is 53.4 Å². The number of nitrogens with one attached hydrogen (secondary N) is 1. The topological polar surface area (TPSA) is 94.5 Å². The Labute approximate surface area is 176 Å². The minimum Gasteiger partial charge on any atom is -0.489 e. The Bertz CT molecular complexity index is 1000. The van der Waals surface area contributed by atoms with Crippen molar-refractivity contribution in [1.29, 1.82) is 0 Å². The van der Waals surface area contributed by atoms with E-state index in [-0.39, 0.29) is 18.0 Å². The van der Waals surface area contributed by atoms with Crippen LogP contribution in [0.2, 0.25) is 0 Å². The standard InChI is InChI=1S/C23H30N2O5/c1-5-6-13-29-21-19-11-10-18(25(27)28)15-20(19)24-23(26)22(21)30-14-12-17(4)9-7-8-16(2)3/h8,10-12,15H,5-7,9,13-14H2,1-4H3,(H,24,26). The van der Waals surface area contributed by atoms with Crippen molar-refractivity contribution in [1.82, 2.24) is 4.98 Å². The Hall–Kier alpha value is -3.09. The van der Waals surface area contributed by atoms with Gasteiger partial charge in [0, 0.05) is 17.5 Å². The van der Waals surface area contributed by atoms with Crippen LogP contribution in [0.3, 0.4) is 0 Å². The number of nitro benzene ring substituents is 1. The molecule has 0 unspecified atom stereocenters. The highest BCUT2D eigenvalue weighted by atomic mass is 16.6. The highest BCUT2D eigenvalue weighted by Crippen LogP contribution is 2.33. The maximum atomic E-state index is 12.6. The molecule has 0 amide bonds. The normalized spacial score (nSPS) is 11.4. The number of nitro groups is 1. The van der Waals surface area contributed by atoms with Crippen molar-refractivity contribution in [2.75, 3.05) is 13.2 Å². The maximum absolute atomic E-state index is 12.6. The van der Waals surface area contributed by atoms with Crippen LogP contribution < -0.4 is 15.0 Å². The summed E-state index contributed by atoms with van der Waals surface area (Å²) in [5, 5.41) is 11.6. The Balaban J connectivity index is 2.30. The fourth-order valence-corrected chi connectivity index (χ4v) is 2.90. The zero-order chi connectivity index (χ0) is 22.1. The van der Waals surface area contributed by atoms with Gasteiger partial charge in [-0.05, 0) is 52.2 Å². The molecule has 0 radical (unpaired) electrons. The molecule has 0 spiro atoms. The summed E-state index contributed by atoms with van der Waals surface area (Å²) in [5.41, 5.74) is 2.25. The zero-order valence-corrected chi connectivity index (χ0v) is 18.1. The molecular weight excluding hydrogens is 384 g/mol. The van der Waals surface area contributed by atoms with E-state index in [9.17, 15) is 14.9 Å². The highest BCUT2D eigenvalue weighted by Gasteiger charge is 2.18. The molecular formula is C23H30N2O5. The van der Waals surface area contributed by atoms with E-state index in [0.717, 1.165) is 25.7 Å². The van der Waals surface area contributed by atoms with Crippen LogP contribution in [-0.4, -0.2) is 23.1 Å². The molecule has 0 saturated carbocycles. The van der Waals surface area contributed by atoms with Crippen LogP contribution in [0.4, 0.5) is 5.69 Å². The van der Waals surface area contributed by atoms with Crippen molar-refractivity contribution in [3.05, 3.63) is 62.0 Å². The van der Waals surface area contributed by atoms with E-state index in [4.69, 9.17) is 9.47 Å². The minimum atomic E-state index is -0.497. The molecule has 162 valence electrons. The Morgan fingerprint density at radius 2 is 1.93 bits per heavy atom. The van der Waals surface area contributed by atoms with E-state index in [2.05, 4.69) is 24.9 Å². The number of rotatable bonds is 11. The van der Waals surface area contributed by atoms with Gasteiger partial charge in [-0.15, -0.1) is 0 Å². The number of nitrogens with zero attached hydrogens (tertiary/aromatic N) is 1. The second kappa shape index (κ2) is 11.2. The molecule has 1 N–H and O–H groups in total. The number of pyridine rings is 1. The van der Waals surface area contributed by atoms with Crippen molar-refractivity contribution in [3.8, 4) is 11.5 Å². The quantitative estimate of drug-likeness (QED) is 0.221. The summed E-state index contributed by atoms with van der Waals surface area (Å²) in [7, 11) is 0. The number of hydrogen-bond donors (Lipinski definition) is 1. The van der Waals surface area contributed by atoms with Crippen molar-refractivity contribution in [2.45, 2.75) is 53.4 Å². The number of hydrogen-bond acceptors (Lipinski definition) is 5. The van der Waals surface area contributed by atoms with Crippen molar-refractivity contribution >= 4 is 16.6 Å². The second-order valence-electron chi connectivity index (χ2n) is 7.48. The summed E-state index contributed by atoms with van der Waals surface area (Å²) in [6.45, 7) is 8.89. The number of fused-ring (bicyclic) bond motifs is 1. The Kier molecular flexibility index (Phi) is 8.65. The molecule has 2 rings (SSSR count). The van der Waals surface area contributed by atoms with E-state index in [1.807, 2.05) is 19.9 Å². The molecule has 30 heavy (non-hydrogen) atoms. The Morgan fingerprint density at radius 1 is 1.17 bits per heavy atom. The molecule has 1 heterocycles. The van der Waals surface area contributed by atoms with Gasteiger partial charge in [-0.2, -0.15) is 0 Å². The van der Waals surface area contributed by atoms with Crippen LogP contribution in [0.25, 0.3) is 10.9 Å². The fraction of sp³-hybridized carbons (Fsp3) is 0.435. The third-order valence-electron chi connectivity index (χ3n) is 4.61. The van der Waals surface area contributed by atoms with Gasteiger partial charge in [-0.1, -0.05) is 30.6 Å². The predicted molar refractivity (Wildman–Crippen MR) is 120 cm³/mol. The van der Waals surface area contributed by atoms with E-state index in [1.54, 1.807) is 6.07 Å². The average Bonchev–Trinajstić information content (AvgIpc) is 2.68. The number of aromatic amines is 1. The second-order valence-corrected chi connectivity index (χ2v) is 7.48. The van der Waals surface area contributed by atoms with Gasteiger partial charge in [0.25, 0.3) is 11.2 Å². The van der Waals surface area contributed by atoms with Gasteiger partial charge in [0.1, 0.15) is 6.61 Å². The smallest absolute Gasteiger partial charge is 0.294 e. The molecule has 0 aliphatic heterocycles. The van der Waals surface area contributed by atoms with Crippen LogP contribution in [0, 0.1) is 10.1 Å². The molecule has 0 aliphatic carbocycles. The summed E-state index contributed by atoms with van der Waals surface area (Å²) < 4.78 is 11.7. The molecule has 2 aromatic rings. The number of allylic oxidation sites excluding steroid dienone is 3. The molecule has 1 aromatic carbocycles. The first-order valence-corrected chi connectivity index (χ1v) is 10.2. The van der Waals surface area contributed by atoms with E-state index < -0.39 is 10.5 Å². The van der Waals surface area contributed by atoms with E-state index in [1.165, 1.54) is 23.3 Å². The molecule has 7 nitrogen and oxygen atoms in total. The van der Waals surface area contributed by atoms with Gasteiger partial charge < -0.3 is 14.5 Å². The zero-order valence-electron chi connectivity index (χ0n) is 18.1. The third kappa shape index (κ3) is 6.47. The molecule has 0 saturated heterocycles. The number of aromatic nitrogens is 1. The fourth-order valence-electron chi connectivity index (χ4n) is 2.90. The number of benzene rings is 1. The summed E-state index contributed by atoms with van der Waals surface area (Å²) in [4.78, 5) is 25.9. The van der Waals surface area contributed by atoms with Crippen molar-refractivity contribution in [2.24, 2.45) is 0 Å². The lowest BCUT2D eigenvalue weighted by Gasteiger charge is -2.14. The number of H-pyrrole nitrogens is 1. The van der Waals surface area contributed by atoms with Gasteiger partial charge in [0.2, 0.25) is 5.75 Å². The first-order valence-electron chi connectivity index (χ1n) is 10.2. The molecule has 0 aliphatic rings. The van der Waals surface area contributed by atoms with Gasteiger partial charge in [0.15, 0.2) is 5.75 Å². The number of unbranched alkanes of at least 4 members (excludes halogenated alkanes) is 1. The summed E-state index contributed by atoms with van der Waals surface area (Å²) in [6.07, 6.45) is 7.79. The first kappa shape index (κ1) is 23.2. The van der Waals surface area contributed by atoms with Crippen LogP contribution in [0.5, 0.6) is 11.5 Å². The molecule has 1 aromatic heterocycles. The van der Waals surface area contributed by atoms with Crippen molar-refractivity contribution in [3.63, 3.8) is 0 Å². The third-order valence-corrected chi connectivity index (χ3v) is 4.61. The van der Waals surface area contributed by atoms with Gasteiger partial charge in [-0.3, -0.25) is 14.9 Å². The molecule has 7 heteroatoms. The number of ether oxygens (including phenoxy) is 2. The van der Waals surface area contributed by atoms with Gasteiger partial charge in [0.05, 0.1) is 17.0 Å². The van der Waals surface area contributed by atoms with Crippen LogP contribution in [-0.2, 0) is 0 Å². The first-order chi connectivity index (χ1) is 14.3. The lowest BCUT2D eigenvalue weighted by Crippen LogP contribution is -2.14. The molecule has 0 atom stereocenters. The predicted octanol–water partition coefficient (Wildman–Crippen LogP) is 5.69. The lowest BCUT2D eigenvalue weighted by atomic mass is 10.1. The van der Waals surface area contributed by atoms with Gasteiger partial charge in [-0.25, -0.2) is 0 Å². The maximum Gasteiger partial charge on any atom is 0.294 e. The van der Waals surface area contributed by atoms with Crippen LogP contribution >= 0.6 is 0 Å². The van der Waals surface area contributed by atoms with Crippen molar-refractivity contribution < 1.29 is 14.4 Å². The summed E-state index contributed by atoms with van der Waals surface area (Å²) in [5.74, 6) is 0.425. The van der Waals surface area contributed by atoms with E-state index >= 15 is 0 Å². The Morgan fingerprint density at radius 3 is 2.60 bits per heavy atom. The SMILES string of the molecule is CCCCOc1c(OCC=C(C)CCC=C(C)C)c(=O)[nH]c2cc([N+](=O)[O-])ccc12. The summed E-state index contributed by atoms with van der Waals surface area (Å²) >= 11 is 0. The largest absolute Gasteiger partial charge is 0.489 e. The molecule has 0 fully saturated rings. The monoisotopic (exact) mass is 414 g/mol.